The van der Waals surface area contributed by atoms with E-state index in [9.17, 15) is 4.79 Å². The Bertz CT molecular complexity index is 466. The highest BCUT2D eigenvalue weighted by atomic mass is 16.5. The minimum Gasteiger partial charge on any atom is -0.475 e. The van der Waals surface area contributed by atoms with E-state index < -0.39 is 0 Å². The van der Waals surface area contributed by atoms with Crippen LogP contribution in [0.3, 0.4) is 0 Å². The Kier molecular flexibility index (Phi) is 5.16. The van der Waals surface area contributed by atoms with E-state index in [1.807, 2.05) is 26.0 Å². The SMILES string of the molecule is CC(C)Oc1ccc(CNC(=O)C2CC=CCC2)cn1. The molecular formula is C16H22N2O2. The number of carbonyl (C=O) groups excluding carboxylic acids is 1. The van der Waals surface area contributed by atoms with Crippen molar-refractivity contribution in [1.82, 2.24) is 10.3 Å². The summed E-state index contributed by atoms with van der Waals surface area (Å²) in [6.45, 7) is 4.46. The molecule has 0 bridgehead atoms. The molecule has 0 radical (unpaired) electrons. The number of rotatable bonds is 5. The van der Waals surface area contributed by atoms with Crippen LogP contribution in [0.2, 0.25) is 0 Å². The van der Waals surface area contributed by atoms with Gasteiger partial charge in [0.2, 0.25) is 11.8 Å². The van der Waals surface area contributed by atoms with E-state index in [1.165, 1.54) is 0 Å². The molecule has 1 aliphatic rings. The molecule has 0 spiro atoms. The van der Waals surface area contributed by atoms with Gasteiger partial charge >= 0.3 is 0 Å². The van der Waals surface area contributed by atoms with Crippen LogP contribution in [0.4, 0.5) is 0 Å². The van der Waals surface area contributed by atoms with Crippen LogP contribution in [0.5, 0.6) is 5.88 Å². The first kappa shape index (κ1) is 14.6. The van der Waals surface area contributed by atoms with E-state index in [0.29, 0.717) is 12.4 Å². The number of nitrogens with one attached hydrogen (secondary N) is 1. The fourth-order valence-corrected chi connectivity index (χ4v) is 2.19. The van der Waals surface area contributed by atoms with Crippen molar-refractivity contribution in [2.75, 3.05) is 0 Å². The monoisotopic (exact) mass is 274 g/mol. The topological polar surface area (TPSA) is 51.2 Å². The van der Waals surface area contributed by atoms with Crippen molar-refractivity contribution >= 4 is 5.91 Å². The Morgan fingerprint density at radius 1 is 1.45 bits per heavy atom. The largest absolute Gasteiger partial charge is 0.475 e. The number of amides is 1. The minimum absolute atomic E-state index is 0.118. The molecule has 20 heavy (non-hydrogen) atoms. The third kappa shape index (κ3) is 4.37. The Labute approximate surface area is 120 Å². The molecule has 1 N–H and O–H groups in total. The summed E-state index contributed by atoms with van der Waals surface area (Å²) in [6.07, 6.45) is 8.90. The van der Waals surface area contributed by atoms with Crippen LogP contribution in [-0.4, -0.2) is 17.0 Å². The lowest BCUT2D eigenvalue weighted by atomic mass is 9.93. The van der Waals surface area contributed by atoms with Gasteiger partial charge in [-0.1, -0.05) is 18.2 Å². The number of aromatic nitrogens is 1. The minimum atomic E-state index is 0.118. The lowest BCUT2D eigenvalue weighted by Crippen LogP contribution is -2.30. The summed E-state index contributed by atoms with van der Waals surface area (Å²) in [4.78, 5) is 16.2. The summed E-state index contributed by atoms with van der Waals surface area (Å²) >= 11 is 0. The van der Waals surface area contributed by atoms with Gasteiger partial charge in [0.25, 0.3) is 0 Å². The molecule has 4 heteroatoms. The summed E-state index contributed by atoms with van der Waals surface area (Å²) in [5.74, 6) is 0.876. The number of ether oxygens (including phenoxy) is 1. The predicted octanol–water partition coefficient (Wildman–Crippen LogP) is 2.84. The normalized spacial score (nSPS) is 18.1. The molecule has 1 heterocycles. The lowest BCUT2D eigenvalue weighted by molar-refractivity contribution is -0.125. The van der Waals surface area contributed by atoms with E-state index in [1.54, 1.807) is 6.20 Å². The highest BCUT2D eigenvalue weighted by Gasteiger charge is 2.18. The molecule has 2 rings (SSSR count). The number of hydrogen-bond acceptors (Lipinski definition) is 3. The van der Waals surface area contributed by atoms with Gasteiger partial charge in [-0.2, -0.15) is 0 Å². The molecule has 0 aromatic carbocycles. The third-order valence-corrected chi connectivity index (χ3v) is 3.26. The van der Waals surface area contributed by atoms with Crippen molar-refractivity contribution in [3.63, 3.8) is 0 Å². The van der Waals surface area contributed by atoms with Gasteiger partial charge in [0.1, 0.15) is 0 Å². The Morgan fingerprint density at radius 3 is 2.90 bits per heavy atom. The molecule has 108 valence electrons. The van der Waals surface area contributed by atoms with Crippen LogP contribution in [-0.2, 0) is 11.3 Å². The molecule has 1 amide bonds. The number of carbonyl (C=O) groups is 1. The van der Waals surface area contributed by atoms with Gasteiger partial charge < -0.3 is 10.1 Å². The molecule has 0 saturated heterocycles. The zero-order valence-corrected chi connectivity index (χ0v) is 12.1. The van der Waals surface area contributed by atoms with Gasteiger partial charge in [-0.15, -0.1) is 0 Å². The molecule has 0 aliphatic heterocycles. The Morgan fingerprint density at radius 2 is 2.30 bits per heavy atom. The zero-order chi connectivity index (χ0) is 14.4. The zero-order valence-electron chi connectivity index (χ0n) is 12.1. The van der Waals surface area contributed by atoms with Gasteiger partial charge in [0.05, 0.1) is 6.10 Å². The van der Waals surface area contributed by atoms with Crippen LogP contribution < -0.4 is 10.1 Å². The van der Waals surface area contributed by atoms with E-state index in [0.717, 1.165) is 24.8 Å². The third-order valence-electron chi connectivity index (χ3n) is 3.26. The fourth-order valence-electron chi connectivity index (χ4n) is 2.19. The molecule has 1 aromatic heterocycles. The van der Waals surface area contributed by atoms with Crippen LogP contribution in [0.15, 0.2) is 30.5 Å². The van der Waals surface area contributed by atoms with Crippen molar-refractivity contribution in [2.45, 2.75) is 45.8 Å². The van der Waals surface area contributed by atoms with Crippen LogP contribution in [0, 0.1) is 5.92 Å². The molecule has 1 unspecified atom stereocenters. The second-order valence-corrected chi connectivity index (χ2v) is 5.37. The highest BCUT2D eigenvalue weighted by Crippen LogP contribution is 2.18. The van der Waals surface area contributed by atoms with E-state index in [4.69, 9.17) is 4.74 Å². The van der Waals surface area contributed by atoms with E-state index in [-0.39, 0.29) is 17.9 Å². The molecule has 1 aliphatic carbocycles. The van der Waals surface area contributed by atoms with Crippen molar-refractivity contribution in [2.24, 2.45) is 5.92 Å². The first-order chi connectivity index (χ1) is 9.65. The lowest BCUT2D eigenvalue weighted by Gasteiger charge is -2.17. The van der Waals surface area contributed by atoms with Crippen LogP contribution in [0.1, 0.15) is 38.7 Å². The maximum atomic E-state index is 12.0. The van der Waals surface area contributed by atoms with E-state index in [2.05, 4.69) is 22.5 Å². The van der Waals surface area contributed by atoms with Gasteiger partial charge in [-0.05, 0) is 38.7 Å². The summed E-state index contributed by atoms with van der Waals surface area (Å²) in [7, 11) is 0. The quantitative estimate of drug-likeness (QED) is 0.840. The summed E-state index contributed by atoms with van der Waals surface area (Å²) in [5.41, 5.74) is 0.987. The average Bonchev–Trinajstić information content (AvgIpc) is 2.46. The van der Waals surface area contributed by atoms with Crippen molar-refractivity contribution in [3.8, 4) is 5.88 Å². The molecule has 0 saturated carbocycles. The second kappa shape index (κ2) is 7.08. The van der Waals surface area contributed by atoms with E-state index >= 15 is 0 Å². The molecule has 0 fully saturated rings. The number of pyridine rings is 1. The summed E-state index contributed by atoms with van der Waals surface area (Å²) < 4.78 is 5.48. The first-order valence-electron chi connectivity index (χ1n) is 7.19. The summed E-state index contributed by atoms with van der Waals surface area (Å²) in [5, 5.41) is 2.98. The second-order valence-electron chi connectivity index (χ2n) is 5.37. The van der Waals surface area contributed by atoms with Crippen LogP contribution in [0.25, 0.3) is 0 Å². The van der Waals surface area contributed by atoms with Crippen molar-refractivity contribution in [1.29, 1.82) is 0 Å². The van der Waals surface area contributed by atoms with Crippen LogP contribution >= 0.6 is 0 Å². The number of hydrogen-bond donors (Lipinski definition) is 1. The molecule has 4 nitrogen and oxygen atoms in total. The first-order valence-corrected chi connectivity index (χ1v) is 7.19. The maximum absolute atomic E-state index is 12.0. The number of nitrogens with zero attached hydrogens (tertiary/aromatic N) is 1. The van der Waals surface area contributed by atoms with Crippen molar-refractivity contribution < 1.29 is 9.53 Å². The van der Waals surface area contributed by atoms with Gasteiger partial charge in [-0.25, -0.2) is 4.98 Å². The standard InChI is InChI=1S/C16H22N2O2/c1-12(2)20-15-9-8-13(10-17-15)11-18-16(19)14-6-4-3-5-7-14/h3-4,8-10,12,14H,5-7,11H2,1-2H3,(H,18,19). The predicted molar refractivity (Wildman–Crippen MR) is 78.3 cm³/mol. The van der Waals surface area contributed by atoms with Gasteiger partial charge in [0, 0.05) is 24.7 Å². The summed E-state index contributed by atoms with van der Waals surface area (Å²) in [6, 6.07) is 3.77. The highest BCUT2D eigenvalue weighted by molar-refractivity contribution is 5.78. The number of allylic oxidation sites excluding steroid dienone is 2. The molecular weight excluding hydrogens is 252 g/mol. The molecule has 1 atom stereocenters. The Hall–Kier alpha value is -1.84. The van der Waals surface area contributed by atoms with Crippen molar-refractivity contribution in [3.05, 3.63) is 36.0 Å². The smallest absolute Gasteiger partial charge is 0.223 e. The molecule has 1 aromatic rings. The average molecular weight is 274 g/mol. The van der Waals surface area contributed by atoms with Gasteiger partial charge in [0.15, 0.2) is 0 Å². The maximum Gasteiger partial charge on any atom is 0.223 e. The van der Waals surface area contributed by atoms with Gasteiger partial charge in [-0.3, -0.25) is 4.79 Å². The fraction of sp³-hybridized carbons (Fsp3) is 0.500. The Balaban J connectivity index is 1.81.